The third kappa shape index (κ3) is 5.24. The van der Waals surface area contributed by atoms with Crippen LogP contribution in [0, 0.1) is 13.8 Å². The molecule has 1 amide bonds. The number of aryl methyl sites for hydroxylation is 2. The van der Waals surface area contributed by atoms with Crippen molar-refractivity contribution in [3.05, 3.63) is 53.6 Å². The zero-order chi connectivity index (χ0) is 20.1. The fourth-order valence-electron chi connectivity index (χ4n) is 2.40. The van der Waals surface area contributed by atoms with Gasteiger partial charge in [-0.25, -0.2) is 0 Å². The topological polar surface area (TPSA) is 76.1 Å². The third-order valence-corrected chi connectivity index (χ3v) is 6.17. The minimum absolute atomic E-state index is 0.0999. The highest BCUT2D eigenvalue weighted by atomic mass is 32.2. The minimum atomic E-state index is -0.311. The van der Waals surface area contributed by atoms with Crippen LogP contribution in [0.5, 0.6) is 5.75 Å². The second-order valence-corrected chi connectivity index (χ2v) is 8.84. The molecular formula is C20H22N4O2S2. The zero-order valence-corrected chi connectivity index (χ0v) is 17.8. The normalized spacial score (nSPS) is 11.7. The van der Waals surface area contributed by atoms with Crippen molar-refractivity contribution in [1.82, 2.24) is 10.2 Å². The number of ether oxygens (including phenoxy) is 1. The largest absolute Gasteiger partial charge is 0.497 e. The Labute approximate surface area is 172 Å². The molecule has 3 rings (SSSR count). The molecule has 1 aromatic heterocycles. The lowest BCUT2D eigenvalue weighted by Crippen LogP contribution is -2.22. The van der Waals surface area contributed by atoms with E-state index in [1.54, 1.807) is 13.2 Å². The van der Waals surface area contributed by atoms with Gasteiger partial charge in [-0.05, 0) is 56.2 Å². The van der Waals surface area contributed by atoms with E-state index < -0.39 is 0 Å². The summed E-state index contributed by atoms with van der Waals surface area (Å²) in [5.74, 6) is 0.599. The Morgan fingerprint density at radius 1 is 1.11 bits per heavy atom. The maximum absolute atomic E-state index is 12.5. The first kappa shape index (κ1) is 20.2. The Morgan fingerprint density at radius 2 is 1.93 bits per heavy atom. The van der Waals surface area contributed by atoms with Gasteiger partial charge in [-0.15, -0.1) is 10.2 Å². The highest BCUT2D eigenvalue weighted by Gasteiger charge is 2.17. The van der Waals surface area contributed by atoms with E-state index >= 15 is 0 Å². The number of nitrogens with zero attached hydrogens (tertiary/aromatic N) is 2. The van der Waals surface area contributed by atoms with Gasteiger partial charge in [0.25, 0.3) is 0 Å². The van der Waals surface area contributed by atoms with Crippen LogP contribution in [-0.4, -0.2) is 28.5 Å². The highest BCUT2D eigenvalue weighted by molar-refractivity contribution is 8.02. The first-order chi connectivity index (χ1) is 13.4. The van der Waals surface area contributed by atoms with Gasteiger partial charge < -0.3 is 15.4 Å². The van der Waals surface area contributed by atoms with E-state index in [2.05, 4.69) is 46.8 Å². The van der Waals surface area contributed by atoms with E-state index in [-0.39, 0.29) is 11.2 Å². The molecule has 8 heteroatoms. The molecular weight excluding hydrogens is 392 g/mol. The Kier molecular flexibility index (Phi) is 6.53. The smallest absolute Gasteiger partial charge is 0.237 e. The lowest BCUT2D eigenvalue weighted by atomic mass is 10.1. The van der Waals surface area contributed by atoms with Crippen molar-refractivity contribution in [2.75, 3.05) is 17.7 Å². The molecule has 1 heterocycles. The van der Waals surface area contributed by atoms with Crippen LogP contribution in [-0.2, 0) is 4.79 Å². The van der Waals surface area contributed by atoms with Gasteiger partial charge in [0.15, 0.2) is 4.34 Å². The summed E-state index contributed by atoms with van der Waals surface area (Å²) in [5.41, 5.74) is 4.13. The fourth-order valence-corrected chi connectivity index (χ4v) is 4.32. The summed E-state index contributed by atoms with van der Waals surface area (Å²) in [6.45, 7) is 6.00. The van der Waals surface area contributed by atoms with E-state index in [0.717, 1.165) is 10.0 Å². The Hall–Kier alpha value is -2.58. The second kappa shape index (κ2) is 9.07. The van der Waals surface area contributed by atoms with Gasteiger partial charge >= 0.3 is 0 Å². The summed E-state index contributed by atoms with van der Waals surface area (Å²) in [5, 5.41) is 14.9. The summed E-state index contributed by atoms with van der Waals surface area (Å²) in [7, 11) is 1.60. The van der Waals surface area contributed by atoms with Gasteiger partial charge in [-0.2, -0.15) is 0 Å². The quantitative estimate of drug-likeness (QED) is 0.528. The summed E-state index contributed by atoms with van der Waals surface area (Å²) in [6, 6.07) is 13.4. The average molecular weight is 415 g/mol. The van der Waals surface area contributed by atoms with Crippen molar-refractivity contribution in [3.8, 4) is 5.75 Å². The maximum Gasteiger partial charge on any atom is 0.237 e. The molecule has 6 nitrogen and oxygen atoms in total. The van der Waals surface area contributed by atoms with E-state index in [9.17, 15) is 4.79 Å². The van der Waals surface area contributed by atoms with Crippen molar-refractivity contribution < 1.29 is 9.53 Å². The summed E-state index contributed by atoms with van der Waals surface area (Å²) in [4.78, 5) is 12.5. The molecule has 146 valence electrons. The summed E-state index contributed by atoms with van der Waals surface area (Å²) >= 11 is 2.80. The number of hydrogen-bond acceptors (Lipinski definition) is 7. The van der Waals surface area contributed by atoms with Crippen LogP contribution in [0.1, 0.15) is 18.1 Å². The van der Waals surface area contributed by atoms with Gasteiger partial charge in [0.1, 0.15) is 5.75 Å². The number of amides is 1. The van der Waals surface area contributed by atoms with Crippen LogP contribution in [0.3, 0.4) is 0 Å². The number of hydrogen-bond donors (Lipinski definition) is 2. The number of carbonyl (C=O) groups excluding carboxylic acids is 1. The van der Waals surface area contributed by atoms with E-state index in [1.807, 2.05) is 31.2 Å². The van der Waals surface area contributed by atoms with E-state index in [4.69, 9.17) is 4.74 Å². The van der Waals surface area contributed by atoms with E-state index in [0.29, 0.717) is 16.6 Å². The SMILES string of the molecule is COc1cccc(NC(=O)[C@H](C)Sc2nnc(Nc3ccc(C)c(C)c3)s2)c1. The molecule has 28 heavy (non-hydrogen) atoms. The molecule has 0 saturated heterocycles. The number of rotatable bonds is 7. The van der Waals surface area contributed by atoms with Crippen LogP contribution in [0.25, 0.3) is 0 Å². The van der Waals surface area contributed by atoms with Gasteiger partial charge in [-0.1, -0.05) is 35.2 Å². The van der Waals surface area contributed by atoms with Gasteiger partial charge in [-0.3, -0.25) is 4.79 Å². The summed E-state index contributed by atoms with van der Waals surface area (Å²) < 4.78 is 5.91. The van der Waals surface area contributed by atoms with Crippen molar-refractivity contribution in [2.24, 2.45) is 0 Å². The number of benzene rings is 2. The predicted molar refractivity (Wildman–Crippen MR) is 116 cm³/mol. The third-order valence-electron chi connectivity index (χ3n) is 4.15. The number of aromatic nitrogens is 2. The molecule has 0 aliphatic heterocycles. The number of thioether (sulfide) groups is 1. The van der Waals surface area contributed by atoms with Crippen LogP contribution in [0.15, 0.2) is 46.8 Å². The van der Waals surface area contributed by atoms with Gasteiger partial charge in [0.05, 0.1) is 12.4 Å². The molecule has 0 bridgehead atoms. The average Bonchev–Trinajstić information content (AvgIpc) is 3.11. The molecule has 0 unspecified atom stereocenters. The lowest BCUT2D eigenvalue weighted by molar-refractivity contribution is -0.115. The van der Waals surface area contributed by atoms with Crippen molar-refractivity contribution in [3.63, 3.8) is 0 Å². The van der Waals surface area contributed by atoms with Crippen LogP contribution >= 0.6 is 23.1 Å². The van der Waals surface area contributed by atoms with Gasteiger partial charge in [0.2, 0.25) is 11.0 Å². The van der Waals surface area contributed by atoms with E-state index in [1.165, 1.54) is 34.2 Å². The Balaban J connectivity index is 1.58. The molecule has 0 radical (unpaired) electrons. The first-order valence-electron chi connectivity index (χ1n) is 8.74. The molecule has 0 saturated carbocycles. The molecule has 1 atom stereocenters. The van der Waals surface area contributed by atoms with Gasteiger partial charge in [0, 0.05) is 17.4 Å². The molecule has 0 spiro atoms. The molecule has 0 aliphatic rings. The minimum Gasteiger partial charge on any atom is -0.497 e. The monoisotopic (exact) mass is 414 g/mol. The second-order valence-electron chi connectivity index (χ2n) is 6.28. The summed E-state index contributed by atoms with van der Waals surface area (Å²) in [6.07, 6.45) is 0. The standard InChI is InChI=1S/C20H22N4O2S2/c1-12-8-9-16(10-13(12)2)22-19-23-24-20(28-19)27-14(3)18(25)21-15-6-5-7-17(11-15)26-4/h5-11,14H,1-4H3,(H,21,25)(H,22,23)/t14-/m0/s1. The van der Waals surface area contributed by atoms with Crippen LogP contribution in [0.2, 0.25) is 0 Å². The number of nitrogens with one attached hydrogen (secondary N) is 2. The Bertz CT molecular complexity index is 974. The fraction of sp³-hybridized carbons (Fsp3) is 0.250. The predicted octanol–water partition coefficient (Wildman–Crippen LogP) is 5.03. The lowest BCUT2D eigenvalue weighted by Gasteiger charge is -2.11. The highest BCUT2D eigenvalue weighted by Crippen LogP contribution is 2.31. The number of carbonyl (C=O) groups is 1. The van der Waals surface area contributed by atoms with Crippen LogP contribution in [0.4, 0.5) is 16.5 Å². The molecule has 2 N–H and O–H groups in total. The first-order valence-corrected chi connectivity index (χ1v) is 10.4. The van der Waals surface area contributed by atoms with Crippen molar-refractivity contribution in [1.29, 1.82) is 0 Å². The number of anilines is 3. The van der Waals surface area contributed by atoms with Crippen LogP contribution < -0.4 is 15.4 Å². The van der Waals surface area contributed by atoms with Crippen molar-refractivity contribution >= 4 is 45.5 Å². The van der Waals surface area contributed by atoms with Crippen molar-refractivity contribution in [2.45, 2.75) is 30.4 Å². The Morgan fingerprint density at radius 3 is 2.68 bits per heavy atom. The zero-order valence-electron chi connectivity index (χ0n) is 16.1. The molecule has 2 aromatic carbocycles. The maximum atomic E-state index is 12.5. The molecule has 0 fully saturated rings. The molecule has 0 aliphatic carbocycles. The number of methoxy groups -OCH3 is 1. The molecule has 3 aromatic rings.